The summed E-state index contributed by atoms with van der Waals surface area (Å²) in [5, 5.41) is 12.6. The highest BCUT2D eigenvalue weighted by Gasteiger charge is 2.15. The van der Waals surface area contributed by atoms with Crippen molar-refractivity contribution in [2.75, 3.05) is 13.7 Å². The van der Waals surface area contributed by atoms with Gasteiger partial charge in [0.1, 0.15) is 5.15 Å². The second kappa shape index (κ2) is 6.31. The van der Waals surface area contributed by atoms with Gasteiger partial charge in [-0.05, 0) is 13.0 Å². The fourth-order valence-corrected chi connectivity index (χ4v) is 1.79. The normalized spacial score (nSPS) is 12.3. The maximum atomic E-state index is 11.7. The van der Waals surface area contributed by atoms with E-state index < -0.39 is 0 Å². The van der Waals surface area contributed by atoms with E-state index in [0.29, 0.717) is 16.7 Å². The minimum Gasteiger partial charge on any atom is -0.394 e. The Morgan fingerprint density at radius 2 is 2.22 bits per heavy atom. The molecule has 0 radical (unpaired) electrons. The van der Waals surface area contributed by atoms with Crippen LogP contribution < -0.4 is 5.32 Å². The third-order valence-corrected chi connectivity index (χ3v) is 3.72. The molecule has 18 heavy (non-hydrogen) atoms. The van der Waals surface area contributed by atoms with E-state index in [0.717, 1.165) is 5.69 Å². The number of urea groups is 1. The molecule has 1 rings (SSSR count). The molecule has 0 saturated carbocycles. The van der Waals surface area contributed by atoms with E-state index in [1.54, 1.807) is 31.7 Å². The predicted molar refractivity (Wildman–Crippen MR) is 72.0 cm³/mol. The zero-order chi connectivity index (χ0) is 13.9. The van der Waals surface area contributed by atoms with Crippen LogP contribution in [0.4, 0.5) is 4.79 Å². The second-order valence-corrected chi connectivity index (χ2v) is 4.90. The Labute approximate surface area is 116 Å². The van der Waals surface area contributed by atoms with Crippen LogP contribution in [0, 0.1) is 0 Å². The number of hydrogen-bond donors (Lipinski definition) is 2. The largest absolute Gasteiger partial charge is 0.394 e. The molecule has 7 heteroatoms. The molecule has 0 aliphatic heterocycles. The SMILES string of the molecule is CC(CO)N(C)C(=O)NCc1cc(Cl)c(Cl)n1C. The summed E-state index contributed by atoms with van der Waals surface area (Å²) in [5.41, 5.74) is 0.809. The highest BCUT2D eigenvalue weighted by molar-refractivity contribution is 6.41. The topological polar surface area (TPSA) is 57.5 Å². The third kappa shape index (κ3) is 3.31. The molecule has 1 heterocycles. The van der Waals surface area contributed by atoms with Crippen molar-refractivity contribution in [1.29, 1.82) is 0 Å². The number of nitrogens with one attached hydrogen (secondary N) is 1. The van der Waals surface area contributed by atoms with Crippen molar-refractivity contribution < 1.29 is 9.90 Å². The number of carbonyl (C=O) groups excluding carboxylic acids is 1. The zero-order valence-corrected chi connectivity index (χ0v) is 12.1. The van der Waals surface area contributed by atoms with Gasteiger partial charge >= 0.3 is 6.03 Å². The van der Waals surface area contributed by atoms with Crippen molar-refractivity contribution in [2.45, 2.75) is 19.5 Å². The summed E-state index contributed by atoms with van der Waals surface area (Å²) in [4.78, 5) is 13.2. The molecular weight excluding hydrogens is 277 g/mol. The number of nitrogens with zero attached hydrogens (tertiary/aromatic N) is 2. The minimum atomic E-state index is -0.259. The van der Waals surface area contributed by atoms with Gasteiger partial charge < -0.3 is 19.9 Å². The number of halogens is 2. The summed E-state index contributed by atoms with van der Waals surface area (Å²) in [6.45, 7) is 2.01. The van der Waals surface area contributed by atoms with Gasteiger partial charge in [0.15, 0.2) is 0 Å². The number of aliphatic hydroxyl groups excluding tert-OH is 1. The highest BCUT2D eigenvalue weighted by atomic mass is 35.5. The molecule has 1 unspecified atom stereocenters. The third-order valence-electron chi connectivity index (χ3n) is 2.88. The van der Waals surface area contributed by atoms with Crippen molar-refractivity contribution >= 4 is 29.2 Å². The first kappa shape index (κ1) is 15.1. The van der Waals surface area contributed by atoms with E-state index in [9.17, 15) is 4.79 Å². The van der Waals surface area contributed by atoms with Crippen LogP contribution in [0.2, 0.25) is 10.2 Å². The molecule has 0 saturated heterocycles. The van der Waals surface area contributed by atoms with Crippen molar-refractivity contribution in [2.24, 2.45) is 7.05 Å². The van der Waals surface area contributed by atoms with E-state index in [1.807, 2.05) is 0 Å². The predicted octanol–water partition coefficient (Wildman–Crippen LogP) is 1.85. The lowest BCUT2D eigenvalue weighted by Gasteiger charge is -2.23. The van der Waals surface area contributed by atoms with E-state index in [1.165, 1.54) is 4.90 Å². The number of likely N-dealkylation sites (N-methyl/N-ethyl adjacent to an activating group) is 1. The van der Waals surface area contributed by atoms with Gasteiger partial charge in [-0.15, -0.1) is 0 Å². The average molecular weight is 294 g/mol. The first-order valence-corrected chi connectivity index (χ1v) is 6.25. The van der Waals surface area contributed by atoms with Crippen LogP contribution in [0.5, 0.6) is 0 Å². The number of hydrogen-bond acceptors (Lipinski definition) is 2. The van der Waals surface area contributed by atoms with Gasteiger partial charge in [-0.25, -0.2) is 4.79 Å². The van der Waals surface area contributed by atoms with Crippen LogP contribution in [-0.4, -0.2) is 40.3 Å². The van der Waals surface area contributed by atoms with Crippen LogP contribution >= 0.6 is 23.2 Å². The van der Waals surface area contributed by atoms with Crippen LogP contribution in [0.15, 0.2) is 6.07 Å². The number of aromatic nitrogens is 1. The van der Waals surface area contributed by atoms with Gasteiger partial charge in [0.05, 0.1) is 24.2 Å². The Bertz CT molecular complexity index is 434. The first-order valence-electron chi connectivity index (χ1n) is 5.49. The lowest BCUT2D eigenvalue weighted by Crippen LogP contribution is -2.43. The van der Waals surface area contributed by atoms with E-state index in [2.05, 4.69) is 5.32 Å². The monoisotopic (exact) mass is 293 g/mol. The van der Waals surface area contributed by atoms with Crippen molar-refractivity contribution in [3.8, 4) is 0 Å². The van der Waals surface area contributed by atoms with Crippen LogP contribution in [0.1, 0.15) is 12.6 Å². The smallest absolute Gasteiger partial charge is 0.317 e. The van der Waals surface area contributed by atoms with Crippen molar-refractivity contribution in [3.05, 3.63) is 21.9 Å². The molecule has 5 nitrogen and oxygen atoms in total. The van der Waals surface area contributed by atoms with Gasteiger partial charge in [0.25, 0.3) is 0 Å². The highest BCUT2D eigenvalue weighted by Crippen LogP contribution is 2.24. The fourth-order valence-electron chi connectivity index (χ4n) is 1.37. The molecule has 1 aromatic rings. The Balaban J connectivity index is 2.60. The molecule has 0 aromatic carbocycles. The Hall–Kier alpha value is -0.910. The number of aliphatic hydroxyl groups is 1. The quantitative estimate of drug-likeness (QED) is 0.890. The lowest BCUT2D eigenvalue weighted by molar-refractivity contribution is 0.157. The summed E-state index contributed by atoms with van der Waals surface area (Å²) in [6.07, 6.45) is 0. The molecule has 1 aromatic heterocycles. The molecule has 1 atom stereocenters. The summed E-state index contributed by atoms with van der Waals surface area (Å²) in [6, 6.07) is 1.22. The molecule has 2 amide bonds. The molecule has 0 bridgehead atoms. The van der Waals surface area contributed by atoms with Gasteiger partial charge in [0, 0.05) is 19.8 Å². The molecule has 2 N–H and O–H groups in total. The Kier molecular flexibility index (Phi) is 5.31. The minimum absolute atomic E-state index is 0.0776. The van der Waals surface area contributed by atoms with Gasteiger partial charge in [-0.2, -0.15) is 0 Å². The average Bonchev–Trinajstić information content (AvgIpc) is 2.61. The molecular formula is C11H17Cl2N3O2. The standard InChI is InChI=1S/C11H17Cl2N3O2/c1-7(6-17)15(2)11(18)14-5-8-4-9(12)10(13)16(8)3/h4,7,17H,5-6H2,1-3H3,(H,14,18). The van der Waals surface area contributed by atoms with Gasteiger partial charge in [0.2, 0.25) is 0 Å². The van der Waals surface area contributed by atoms with Gasteiger partial charge in [-0.3, -0.25) is 0 Å². The summed E-state index contributed by atoms with van der Waals surface area (Å²) < 4.78 is 1.71. The molecule has 0 fully saturated rings. The van der Waals surface area contributed by atoms with Gasteiger partial charge in [-0.1, -0.05) is 23.2 Å². The summed E-state index contributed by atoms with van der Waals surface area (Å²) in [7, 11) is 3.40. The van der Waals surface area contributed by atoms with E-state index in [-0.39, 0.29) is 18.7 Å². The second-order valence-electron chi connectivity index (χ2n) is 4.13. The number of carbonyl (C=O) groups is 1. The van der Waals surface area contributed by atoms with Crippen LogP contribution in [0.25, 0.3) is 0 Å². The molecule has 0 aliphatic carbocycles. The Morgan fingerprint density at radius 3 is 2.67 bits per heavy atom. The fraction of sp³-hybridized carbons (Fsp3) is 0.545. The van der Waals surface area contributed by atoms with E-state index in [4.69, 9.17) is 28.3 Å². The summed E-state index contributed by atoms with van der Waals surface area (Å²) in [5.74, 6) is 0. The lowest BCUT2D eigenvalue weighted by atomic mass is 10.3. The summed E-state index contributed by atoms with van der Waals surface area (Å²) >= 11 is 11.8. The van der Waals surface area contributed by atoms with E-state index >= 15 is 0 Å². The molecule has 0 aliphatic rings. The first-order chi connectivity index (χ1) is 8.38. The maximum absolute atomic E-state index is 11.7. The van der Waals surface area contributed by atoms with Crippen LogP contribution in [0.3, 0.4) is 0 Å². The Morgan fingerprint density at radius 1 is 1.61 bits per heavy atom. The van der Waals surface area contributed by atoms with Crippen molar-refractivity contribution in [3.63, 3.8) is 0 Å². The maximum Gasteiger partial charge on any atom is 0.317 e. The molecule has 102 valence electrons. The number of amides is 2. The zero-order valence-electron chi connectivity index (χ0n) is 10.6. The van der Waals surface area contributed by atoms with Crippen molar-refractivity contribution in [1.82, 2.24) is 14.8 Å². The number of rotatable bonds is 4. The molecule has 0 spiro atoms. The van der Waals surface area contributed by atoms with Crippen LogP contribution in [-0.2, 0) is 13.6 Å².